The quantitative estimate of drug-likeness (QED) is 0.778. The molecule has 23 heavy (non-hydrogen) atoms. The van der Waals surface area contributed by atoms with Crippen LogP contribution in [0.1, 0.15) is 42.5 Å². The van der Waals surface area contributed by atoms with E-state index in [1.54, 1.807) is 11.3 Å². The lowest BCUT2D eigenvalue weighted by Crippen LogP contribution is -2.34. The highest BCUT2D eigenvalue weighted by Crippen LogP contribution is 2.33. The van der Waals surface area contributed by atoms with Crippen molar-refractivity contribution in [2.24, 2.45) is 5.92 Å². The molecule has 0 spiro atoms. The van der Waals surface area contributed by atoms with E-state index in [1.807, 2.05) is 0 Å². The molecular weight excluding hydrogens is 306 g/mol. The third-order valence-corrected chi connectivity index (χ3v) is 5.55. The van der Waals surface area contributed by atoms with Crippen molar-refractivity contribution in [3.63, 3.8) is 0 Å². The van der Waals surface area contributed by atoms with Crippen LogP contribution < -0.4 is 0 Å². The van der Waals surface area contributed by atoms with Crippen LogP contribution >= 0.6 is 11.3 Å². The standard InChI is InChI=1S/C18H25N3OS/c1-2-22-12-16-9-20(7-15-5-6-23-13-15)11-18-17(16)10-21(19-18)8-14-3-4-14/h5-6,10,13-14,16H,2-4,7-9,11-12H2,1H3. The molecule has 0 bridgehead atoms. The number of thiophene rings is 1. The van der Waals surface area contributed by atoms with Gasteiger partial charge in [0.2, 0.25) is 0 Å². The molecule has 0 radical (unpaired) electrons. The molecule has 1 aliphatic heterocycles. The fourth-order valence-electron chi connectivity index (χ4n) is 3.45. The lowest BCUT2D eigenvalue weighted by Gasteiger charge is -2.31. The maximum absolute atomic E-state index is 5.75. The molecule has 1 atom stereocenters. The van der Waals surface area contributed by atoms with Crippen molar-refractivity contribution in [1.29, 1.82) is 0 Å². The minimum Gasteiger partial charge on any atom is -0.381 e. The van der Waals surface area contributed by atoms with Crippen LogP contribution in [0.2, 0.25) is 0 Å². The van der Waals surface area contributed by atoms with Gasteiger partial charge >= 0.3 is 0 Å². The molecule has 1 saturated carbocycles. The van der Waals surface area contributed by atoms with Crippen LogP contribution in [0.3, 0.4) is 0 Å². The molecule has 1 unspecified atom stereocenters. The molecule has 3 heterocycles. The van der Waals surface area contributed by atoms with Gasteiger partial charge in [-0.2, -0.15) is 16.4 Å². The summed E-state index contributed by atoms with van der Waals surface area (Å²) in [5.41, 5.74) is 4.09. The first kappa shape index (κ1) is 15.4. The van der Waals surface area contributed by atoms with E-state index in [0.717, 1.165) is 45.3 Å². The molecule has 0 saturated heterocycles. The number of nitrogens with zero attached hydrogens (tertiary/aromatic N) is 3. The van der Waals surface area contributed by atoms with Gasteiger partial charge in [0, 0.05) is 50.5 Å². The van der Waals surface area contributed by atoms with Crippen molar-refractivity contribution >= 4 is 11.3 Å². The topological polar surface area (TPSA) is 30.3 Å². The molecule has 4 nitrogen and oxygen atoms in total. The molecule has 2 aromatic rings. The zero-order chi connectivity index (χ0) is 15.6. The highest BCUT2D eigenvalue weighted by atomic mass is 32.1. The van der Waals surface area contributed by atoms with Crippen LogP contribution in [-0.4, -0.2) is 34.4 Å². The minimum absolute atomic E-state index is 0.449. The maximum atomic E-state index is 5.75. The predicted octanol–water partition coefficient (Wildman–Crippen LogP) is 3.49. The second-order valence-electron chi connectivity index (χ2n) is 6.85. The van der Waals surface area contributed by atoms with E-state index in [1.165, 1.54) is 29.7 Å². The van der Waals surface area contributed by atoms with Gasteiger partial charge < -0.3 is 4.74 Å². The Morgan fingerprint density at radius 3 is 3.04 bits per heavy atom. The number of fused-ring (bicyclic) bond motifs is 1. The Labute approximate surface area is 142 Å². The Hall–Kier alpha value is -1.17. The van der Waals surface area contributed by atoms with Crippen molar-refractivity contribution < 1.29 is 4.74 Å². The smallest absolute Gasteiger partial charge is 0.0801 e. The summed E-state index contributed by atoms with van der Waals surface area (Å²) in [5, 5.41) is 9.30. The molecule has 0 N–H and O–H groups in total. The van der Waals surface area contributed by atoms with E-state index in [2.05, 4.69) is 39.5 Å². The van der Waals surface area contributed by atoms with Crippen molar-refractivity contribution in [3.05, 3.63) is 39.8 Å². The van der Waals surface area contributed by atoms with E-state index in [4.69, 9.17) is 9.84 Å². The van der Waals surface area contributed by atoms with Gasteiger partial charge in [-0.05, 0) is 48.1 Å². The summed E-state index contributed by atoms with van der Waals surface area (Å²) >= 11 is 1.78. The normalized spacial score (nSPS) is 21.5. The SMILES string of the molecule is CCOCC1CN(Cc2ccsc2)Cc2nn(CC3CC3)cc21. The van der Waals surface area contributed by atoms with E-state index in [0.29, 0.717) is 5.92 Å². The largest absolute Gasteiger partial charge is 0.381 e. The number of aromatic nitrogens is 2. The van der Waals surface area contributed by atoms with Crippen LogP contribution in [0.15, 0.2) is 23.0 Å². The van der Waals surface area contributed by atoms with Crippen LogP contribution in [0, 0.1) is 5.92 Å². The number of hydrogen-bond acceptors (Lipinski definition) is 4. The Kier molecular flexibility index (Phi) is 4.51. The van der Waals surface area contributed by atoms with Crippen LogP contribution in [-0.2, 0) is 24.4 Å². The molecule has 124 valence electrons. The zero-order valence-electron chi connectivity index (χ0n) is 13.8. The Balaban J connectivity index is 1.51. The second-order valence-corrected chi connectivity index (χ2v) is 7.63. The summed E-state index contributed by atoms with van der Waals surface area (Å²) in [5.74, 6) is 1.31. The molecule has 0 aromatic carbocycles. The highest BCUT2D eigenvalue weighted by molar-refractivity contribution is 7.07. The predicted molar refractivity (Wildman–Crippen MR) is 92.6 cm³/mol. The highest BCUT2D eigenvalue weighted by Gasteiger charge is 2.30. The van der Waals surface area contributed by atoms with Gasteiger partial charge in [-0.3, -0.25) is 9.58 Å². The van der Waals surface area contributed by atoms with Crippen molar-refractivity contribution in [3.8, 4) is 0 Å². The molecule has 2 aromatic heterocycles. The van der Waals surface area contributed by atoms with Gasteiger partial charge in [-0.1, -0.05) is 0 Å². The van der Waals surface area contributed by atoms with Crippen molar-refractivity contribution in [2.45, 2.75) is 45.3 Å². The van der Waals surface area contributed by atoms with Gasteiger partial charge in [0.1, 0.15) is 0 Å². The Morgan fingerprint density at radius 1 is 1.39 bits per heavy atom. The van der Waals surface area contributed by atoms with Gasteiger partial charge in [-0.15, -0.1) is 0 Å². The summed E-state index contributed by atoms with van der Waals surface area (Å²) < 4.78 is 7.94. The third-order valence-electron chi connectivity index (χ3n) is 4.81. The zero-order valence-corrected chi connectivity index (χ0v) is 14.6. The van der Waals surface area contributed by atoms with E-state index >= 15 is 0 Å². The second kappa shape index (κ2) is 6.75. The summed E-state index contributed by atoms with van der Waals surface area (Å²) in [4.78, 5) is 2.52. The van der Waals surface area contributed by atoms with E-state index in [9.17, 15) is 0 Å². The minimum atomic E-state index is 0.449. The van der Waals surface area contributed by atoms with Crippen LogP contribution in [0.25, 0.3) is 0 Å². The fraction of sp³-hybridized carbons (Fsp3) is 0.611. The summed E-state index contributed by atoms with van der Waals surface area (Å²) in [6, 6.07) is 2.23. The first-order valence-electron chi connectivity index (χ1n) is 8.69. The molecule has 2 aliphatic rings. The molecule has 1 fully saturated rings. The van der Waals surface area contributed by atoms with Crippen molar-refractivity contribution in [2.75, 3.05) is 19.8 Å². The summed E-state index contributed by atoms with van der Waals surface area (Å²) in [6.07, 6.45) is 5.04. The molecule has 0 amide bonds. The van der Waals surface area contributed by atoms with Crippen molar-refractivity contribution in [1.82, 2.24) is 14.7 Å². The first-order chi connectivity index (χ1) is 11.3. The third kappa shape index (κ3) is 3.67. The summed E-state index contributed by atoms with van der Waals surface area (Å²) in [6.45, 7) is 7.80. The molecular formula is C18H25N3OS. The Morgan fingerprint density at radius 2 is 2.30 bits per heavy atom. The average Bonchev–Trinajstić information content (AvgIpc) is 3.04. The maximum Gasteiger partial charge on any atom is 0.0801 e. The molecule has 4 rings (SSSR count). The fourth-order valence-corrected chi connectivity index (χ4v) is 4.11. The number of ether oxygens (including phenoxy) is 1. The lowest BCUT2D eigenvalue weighted by molar-refractivity contribution is 0.105. The van der Waals surface area contributed by atoms with Crippen LogP contribution in [0.5, 0.6) is 0 Å². The average molecular weight is 331 g/mol. The van der Waals surface area contributed by atoms with E-state index < -0.39 is 0 Å². The van der Waals surface area contributed by atoms with Gasteiger partial charge in [0.05, 0.1) is 12.3 Å². The van der Waals surface area contributed by atoms with Crippen LogP contribution in [0.4, 0.5) is 0 Å². The van der Waals surface area contributed by atoms with Gasteiger partial charge in [0.25, 0.3) is 0 Å². The van der Waals surface area contributed by atoms with E-state index in [-0.39, 0.29) is 0 Å². The molecule has 5 heteroatoms. The van der Waals surface area contributed by atoms with Gasteiger partial charge in [-0.25, -0.2) is 0 Å². The molecule has 1 aliphatic carbocycles. The van der Waals surface area contributed by atoms with Gasteiger partial charge in [0.15, 0.2) is 0 Å². The number of hydrogen-bond donors (Lipinski definition) is 0. The Bertz CT molecular complexity index is 633. The summed E-state index contributed by atoms with van der Waals surface area (Å²) in [7, 11) is 0. The monoisotopic (exact) mass is 331 g/mol. The lowest BCUT2D eigenvalue weighted by atomic mass is 9.95. The first-order valence-corrected chi connectivity index (χ1v) is 9.63. The number of rotatable bonds is 7.